The van der Waals surface area contributed by atoms with Gasteiger partial charge in [0.05, 0.1) is 18.9 Å². The number of aromatic hydroxyl groups is 1. The fourth-order valence-electron chi connectivity index (χ4n) is 2.13. The summed E-state index contributed by atoms with van der Waals surface area (Å²) in [5.41, 5.74) is 4.76. The molecule has 0 aliphatic carbocycles. The molecule has 3 atom stereocenters. The zero-order valence-corrected chi connectivity index (χ0v) is 11.9. The zero-order chi connectivity index (χ0) is 15.6. The van der Waals surface area contributed by atoms with Gasteiger partial charge >= 0.3 is 5.69 Å². The van der Waals surface area contributed by atoms with E-state index in [9.17, 15) is 9.90 Å². The van der Waals surface area contributed by atoms with Gasteiger partial charge in [-0.05, 0) is 13.8 Å². The van der Waals surface area contributed by atoms with E-state index >= 15 is 0 Å². The Hall–Kier alpha value is -1.68. The van der Waals surface area contributed by atoms with Crippen LogP contribution in [0.1, 0.15) is 26.5 Å². The van der Waals surface area contributed by atoms with Gasteiger partial charge in [-0.2, -0.15) is 4.98 Å². The van der Waals surface area contributed by atoms with Gasteiger partial charge in [0, 0.05) is 6.42 Å². The molecule has 5 N–H and O–H groups in total. The van der Waals surface area contributed by atoms with Crippen molar-refractivity contribution in [3.05, 3.63) is 16.7 Å². The van der Waals surface area contributed by atoms with Gasteiger partial charge in [-0.1, -0.05) is 0 Å². The highest BCUT2D eigenvalue weighted by Crippen LogP contribution is 2.30. The fourth-order valence-corrected chi connectivity index (χ4v) is 2.13. The minimum Gasteiger partial charge on any atom is -0.503 e. The molecule has 1 aromatic rings. The van der Waals surface area contributed by atoms with E-state index in [0.717, 1.165) is 4.57 Å². The number of nitrogens with two attached hydrogens (primary N) is 2. The molecule has 1 saturated heterocycles. The molecule has 0 radical (unpaired) electrons. The molecule has 21 heavy (non-hydrogen) atoms. The Labute approximate surface area is 121 Å². The lowest BCUT2D eigenvalue weighted by atomic mass is 10.2. The van der Waals surface area contributed by atoms with Crippen LogP contribution in [0.3, 0.4) is 0 Å². The number of ether oxygens (including phenoxy) is 2. The van der Waals surface area contributed by atoms with Crippen LogP contribution in [-0.2, 0) is 14.3 Å². The van der Waals surface area contributed by atoms with Crippen LogP contribution in [0.4, 0.5) is 5.82 Å². The lowest BCUT2D eigenvalue weighted by Crippen LogP contribution is -2.32. The van der Waals surface area contributed by atoms with Crippen molar-refractivity contribution in [2.45, 2.75) is 44.8 Å². The maximum absolute atomic E-state index is 11.8. The Morgan fingerprint density at radius 3 is 2.95 bits per heavy atom. The molecule has 1 aliphatic heterocycles. The molecule has 9 heteroatoms. The monoisotopic (exact) mass is 300 g/mol. The number of aromatic nitrogens is 2. The van der Waals surface area contributed by atoms with Gasteiger partial charge in [0.2, 0.25) is 0 Å². The molecule has 1 aliphatic rings. The lowest BCUT2D eigenvalue weighted by molar-refractivity contribution is -0.0878. The molecule has 0 bridgehead atoms. The number of anilines is 1. The Morgan fingerprint density at radius 1 is 1.62 bits per heavy atom. The zero-order valence-electron chi connectivity index (χ0n) is 11.9. The van der Waals surface area contributed by atoms with Crippen molar-refractivity contribution in [1.82, 2.24) is 9.55 Å². The van der Waals surface area contributed by atoms with Crippen molar-refractivity contribution in [2.24, 2.45) is 5.90 Å². The Bertz CT molecular complexity index is 547. The molecule has 1 unspecified atom stereocenters. The number of hydrogen-bond donors (Lipinski definition) is 3. The van der Waals surface area contributed by atoms with Gasteiger partial charge in [0.25, 0.3) is 0 Å². The SMILES string of the molecule is CC(C)OC[C@H]1O[C@@H](n2cc(O)c(N)nc2=O)CC1ON. The van der Waals surface area contributed by atoms with E-state index in [2.05, 4.69) is 4.98 Å². The smallest absolute Gasteiger partial charge is 0.351 e. The first-order valence-electron chi connectivity index (χ1n) is 6.62. The maximum Gasteiger partial charge on any atom is 0.351 e. The van der Waals surface area contributed by atoms with Crippen LogP contribution in [0.5, 0.6) is 5.75 Å². The predicted molar refractivity (Wildman–Crippen MR) is 73.2 cm³/mol. The van der Waals surface area contributed by atoms with Gasteiger partial charge in [-0.3, -0.25) is 9.40 Å². The van der Waals surface area contributed by atoms with Crippen molar-refractivity contribution in [3.63, 3.8) is 0 Å². The molecular formula is C12H20N4O5. The van der Waals surface area contributed by atoms with Crippen LogP contribution < -0.4 is 17.3 Å². The van der Waals surface area contributed by atoms with Crippen LogP contribution in [0.25, 0.3) is 0 Å². The van der Waals surface area contributed by atoms with Crippen LogP contribution in [0.2, 0.25) is 0 Å². The van der Waals surface area contributed by atoms with Crippen LogP contribution in [0.15, 0.2) is 11.0 Å². The van der Waals surface area contributed by atoms with E-state index in [1.807, 2.05) is 13.8 Å². The molecule has 0 spiro atoms. The quantitative estimate of drug-likeness (QED) is 0.619. The van der Waals surface area contributed by atoms with Gasteiger partial charge in [0.1, 0.15) is 18.4 Å². The third-order valence-corrected chi connectivity index (χ3v) is 3.22. The first-order chi connectivity index (χ1) is 9.92. The second-order valence-corrected chi connectivity index (χ2v) is 5.12. The third-order valence-electron chi connectivity index (χ3n) is 3.22. The number of rotatable bonds is 5. The van der Waals surface area contributed by atoms with Crippen molar-refractivity contribution < 1.29 is 19.4 Å². The summed E-state index contributed by atoms with van der Waals surface area (Å²) in [6, 6.07) is 0. The minimum absolute atomic E-state index is 0.0380. The van der Waals surface area contributed by atoms with Crippen LogP contribution in [-0.4, -0.2) is 39.6 Å². The average molecular weight is 300 g/mol. The lowest BCUT2D eigenvalue weighted by Gasteiger charge is -2.18. The summed E-state index contributed by atoms with van der Waals surface area (Å²) in [4.78, 5) is 20.2. The molecule has 118 valence electrons. The highest BCUT2D eigenvalue weighted by molar-refractivity contribution is 5.41. The third kappa shape index (κ3) is 3.50. The second-order valence-electron chi connectivity index (χ2n) is 5.12. The van der Waals surface area contributed by atoms with E-state index in [1.54, 1.807) is 0 Å². The van der Waals surface area contributed by atoms with Gasteiger partial charge < -0.3 is 20.3 Å². The van der Waals surface area contributed by atoms with E-state index < -0.39 is 24.1 Å². The predicted octanol–water partition coefficient (Wildman–Crippen LogP) is -0.497. The number of nitrogens with zero attached hydrogens (tertiary/aromatic N) is 2. The van der Waals surface area contributed by atoms with E-state index in [4.69, 9.17) is 25.9 Å². The van der Waals surface area contributed by atoms with Crippen LogP contribution in [0, 0.1) is 0 Å². The van der Waals surface area contributed by atoms with Crippen molar-refractivity contribution >= 4 is 5.82 Å². The molecule has 0 saturated carbocycles. The highest BCUT2D eigenvalue weighted by Gasteiger charge is 2.38. The molecule has 2 rings (SSSR count). The first kappa shape index (κ1) is 15.7. The van der Waals surface area contributed by atoms with Crippen molar-refractivity contribution in [3.8, 4) is 5.75 Å². The Kier molecular flexibility index (Phi) is 4.78. The molecule has 2 heterocycles. The summed E-state index contributed by atoms with van der Waals surface area (Å²) in [5.74, 6) is 4.75. The van der Waals surface area contributed by atoms with Gasteiger partial charge in [-0.15, -0.1) is 0 Å². The summed E-state index contributed by atoms with van der Waals surface area (Å²) in [6.07, 6.45) is 0.0958. The normalized spacial score (nSPS) is 25.6. The van der Waals surface area contributed by atoms with E-state index in [0.29, 0.717) is 13.0 Å². The van der Waals surface area contributed by atoms with Gasteiger partial charge in [-0.25, -0.2) is 10.7 Å². The second kappa shape index (κ2) is 6.39. The molecule has 1 aromatic heterocycles. The molecular weight excluding hydrogens is 280 g/mol. The summed E-state index contributed by atoms with van der Waals surface area (Å²) in [5, 5.41) is 9.57. The van der Waals surface area contributed by atoms with Crippen molar-refractivity contribution in [2.75, 3.05) is 12.3 Å². The van der Waals surface area contributed by atoms with Crippen molar-refractivity contribution in [1.29, 1.82) is 0 Å². The molecule has 1 fully saturated rings. The fraction of sp³-hybridized carbons (Fsp3) is 0.667. The molecule has 0 amide bonds. The van der Waals surface area contributed by atoms with E-state index in [1.165, 1.54) is 6.20 Å². The average Bonchev–Trinajstić information content (AvgIpc) is 2.83. The molecule has 9 nitrogen and oxygen atoms in total. The topological polar surface area (TPSA) is 135 Å². The largest absolute Gasteiger partial charge is 0.503 e. The molecule has 0 aromatic carbocycles. The highest BCUT2D eigenvalue weighted by atomic mass is 16.7. The number of hydrogen-bond acceptors (Lipinski definition) is 8. The number of nitrogen functional groups attached to an aromatic ring is 1. The summed E-state index contributed by atoms with van der Waals surface area (Å²) in [6.45, 7) is 4.09. The van der Waals surface area contributed by atoms with Gasteiger partial charge in [0.15, 0.2) is 11.6 Å². The maximum atomic E-state index is 11.8. The summed E-state index contributed by atoms with van der Waals surface area (Å²) in [7, 11) is 0. The summed E-state index contributed by atoms with van der Waals surface area (Å²) < 4.78 is 12.4. The Balaban J connectivity index is 2.15. The van der Waals surface area contributed by atoms with E-state index in [-0.39, 0.29) is 17.7 Å². The van der Waals surface area contributed by atoms with Crippen LogP contribution >= 0.6 is 0 Å². The Morgan fingerprint density at radius 2 is 2.33 bits per heavy atom. The standard InChI is InChI=1S/C12H20N4O5/c1-6(2)19-5-9-8(21-14)3-10(20-9)16-4-7(17)11(13)15-12(16)18/h4,6,8-10,17H,3,5,14H2,1-2H3,(H2,13,15,18)/t8?,9-,10-/m1/s1. The first-order valence-corrected chi connectivity index (χ1v) is 6.62. The summed E-state index contributed by atoms with van der Waals surface area (Å²) >= 11 is 0. The minimum atomic E-state index is -0.647.